The second-order valence-electron chi connectivity index (χ2n) is 6.41. The molecule has 28 heavy (non-hydrogen) atoms. The molecule has 1 unspecified atom stereocenters. The number of aromatic nitrogens is 1. The summed E-state index contributed by atoms with van der Waals surface area (Å²) in [6, 6.07) is 1.63. The predicted octanol–water partition coefficient (Wildman–Crippen LogP) is 2.76. The molecular formula is C20H20N2O6. The lowest BCUT2D eigenvalue weighted by Crippen LogP contribution is -2.30. The highest BCUT2D eigenvalue weighted by Gasteiger charge is 2.35. The molecule has 1 N–H and O–H groups in total. The Morgan fingerprint density at radius 1 is 1.25 bits per heavy atom. The number of esters is 2. The maximum Gasteiger partial charge on any atom is 0.343 e. The normalized spacial score (nSPS) is 15.4. The molecule has 1 aliphatic rings. The number of rotatable bonds is 5. The molecule has 8 heteroatoms. The molecule has 1 aromatic heterocycles. The molecule has 0 amide bonds. The van der Waals surface area contributed by atoms with Crippen molar-refractivity contribution in [2.24, 2.45) is 10.9 Å². The van der Waals surface area contributed by atoms with Crippen LogP contribution in [0.4, 0.5) is 5.69 Å². The average Bonchev–Trinajstić information content (AvgIpc) is 2.71. The van der Waals surface area contributed by atoms with E-state index in [0.717, 1.165) is 12.8 Å². The van der Waals surface area contributed by atoms with Crippen molar-refractivity contribution in [3.8, 4) is 5.75 Å². The highest BCUT2D eigenvalue weighted by atomic mass is 16.5. The number of nitrogens with zero attached hydrogens (tertiary/aromatic N) is 2. The fourth-order valence-electron chi connectivity index (χ4n) is 3.25. The number of Topliss-reactive ketones (excluding diaryl/α,β-unsaturated/α-hetero) is 1. The fraction of sp³-hybridized carbons (Fsp3) is 0.350. The molecule has 0 radical (unpaired) electrons. The Bertz CT molecular complexity index is 1010. The van der Waals surface area contributed by atoms with Crippen molar-refractivity contribution in [1.82, 2.24) is 4.98 Å². The van der Waals surface area contributed by atoms with Gasteiger partial charge in [-0.25, -0.2) is 4.79 Å². The van der Waals surface area contributed by atoms with E-state index in [1.807, 2.05) is 6.92 Å². The monoisotopic (exact) mass is 384 g/mol. The third kappa shape index (κ3) is 3.11. The topological polar surface area (TPSA) is 115 Å². The van der Waals surface area contributed by atoms with Crippen LogP contribution in [0.15, 0.2) is 17.3 Å². The van der Waals surface area contributed by atoms with Gasteiger partial charge in [0.25, 0.3) is 0 Å². The molecule has 0 aliphatic carbocycles. The van der Waals surface area contributed by atoms with E-state index in [1.165, 1.54) is 26.6 Å². The summed E-state index contributed by atoms with van der Waals surface area (Å²) in [4.78, 5) is 45.3. The van der Waals surface area contributed by atoms with E-state index < -0.39 is 23.6 Å². The van der Waals surface area contributed by atoms with Gasteiger partial charge in [-0.05, 0) is 24.5 Å². The summed E-state index contributed by atoms with van der Waals surface area (Å²) < 4.78 is 9.37. The van der Waals surface area contributed by atoms with Gasteiger partial charge in [0.2, 0.25) is 0 Å². The molecule has 3 rings (SSSR count). The molecule has 2 heterocycles. The number of methoxy groups -OCH3 is 2. The maximum atomic E-state index is 13.0. The first-order chi connectivity index (χ1) is 13.4. The van der Waals surface area contributed by atoms with Gasteiger partial charge >= 0.3 is 11.9 Å². The summed E-state index contributed by atoms with van der Waals surface area (Å²) in [5, 5.41) is 10.9. The Hall–Kier alpha value is -3.29. The zero-order valence-corrected chi connectivity index (χ0v) is 15.8. The number of hydrogen-bond donors (Lipinski definition) is 1. The van der Waals surface area contributed by atoms with Gasteiger partial charge in [0, 0.05) is 23.4 Å². The van der Waals surface area contributed by atoms with E-state index in [9.17, 15) is 19.5 Å². The molecule has 0 bridgehead atoms. The second-order valence-corrected chi connectivity index (χ2v) is 6.41. The van der Waals surface area contributed by atoms with Crippen LogP contribution in [-0.4, -0.2) is 48.2 Å². The number of aromatic hydroxyl groups is 1. The molecule has 8 nitrogen and oxygen atoms in total. The molecule has 2 aromatic rings. The number of hydrogen-bond acceptors (Lipinski definition) is 8. The Labute approximate surface area is 161 Å². The summed E-state index contributed by atoms with van der Waals surface area (Å²) >= 11 is 0. The van der Waals surface area contributed by atoms with Crippen molar-refractivity contribution in [2.45, 2.75) is 26.2 Å². The highest BCUT2D eigenvalue weighted by Crippen LogP contribution is 2.40. The number of ketones is 1. The minimum Gasteiger partial charge on any atom is -0.506 e. The van der Waals surface area contributed by atoms with Gasteiger partial charge in [0.05, 0.1) is 14.2 Å². The number of fused-ring (bicyclic) bond motifs is 3. The van der Waals surface area contributed by atoms with Crippen LogP contribution in [0, 0.1) is 5.92 Å². The number of carbonyl (C=O) groups excluding carboxylic acids is 3. The van der Waals surface area contributed by atoms with Crippen LogP contribution in [0.3, 0.4) is 0 Å². The summed E-state index contributed by atoms with van der Waals surface area (Å²) in [6.07, 6.45) is 4.64. The van der Waals surface area contributed by atoms with Crippen molar-refractivity contribution < 1.29 is 29.0 Å². The van der Waals surface area contributed by atoms with E-state index >= 15 is 0 Å². The standard InChI is InChI=1S/C20H20N2O6/c1-4-5-6-10-7-11-15(21-8-12(17(11)23)19(25)27-2)16-14(10)18(24)13(9-22-16)20(26)28-3/h7-9,13H,4-6H2,1-3H3,(H,21,23). The van der Waals surface area contributed by atoms with Gasteiger partial charge in [-0.1, -0.05) is 13.3 Å². The first-order valence-electron chi connectivity index (χ1n) is 8.86. The molecule has 0 fully saturated rings. The number of aliphatic imine (C=N–C) groups is 1. The summed E-state index contributed by atoms with van der Waals surface area (Å²) in [5.41, 5.74) is 1.42. The number of carbonyl (C=O) groups is 3. The van der Waals surface area contributed by atoms with E-state index in [2.05, 4.69) is 14.7 Å². The smallest absolute Gasteiger partial charge is 0.343 e. The third-order valence-corrected chi connectivity index (χ3v) is 4.73. The van der Waals surface area contributed by atoms with Crippen LogP contribution in [-0.2, 0) is 20.7 Å². The largest absolute Gasteiger partial charge is 0.506 e. The van der Waals surface area contributed by atoms with Gasteiger partial charge in [0.15, 0.2) is 11.7 Å². The van der Waals surface area contributed by atoms with Crippen LogP contribution in [0.1, 0.15) is 46.0 Å². The van der Waals surface area contributed by atoms with E-state index in [1.54, 1.807) is 6.07 Å². The molecular weight excluding hydrogens is 364 g/mol. The number of ether oxygens (including phenoxy) is 2. The van der Waals surface area contributed by atoms with Crippen molar-refractivity contribution in [3.05, 3.63) is 29.0 Å². The second kappa shape index (κ2) is 7.75. The first-order valence-corrected chi connectivity index (χ1v) is 8.86. The molecule has 0 spiro atoms. The van der Waals surface area contributed by atoms with Crippen molar-refractivity contribution in [2.75, 3.05) is 14.2 Å². The summed E-state index contributed by atoms with van der Waals surface area (Å²) in [7, 11) is 2.42. The van der Waals surface area contributed by atoms with Crippen molar-refractivity contribution >= 4 is 40.5 Å². The fourth-order valence-corrected chi connectivity index (χ4v) is 3.25. The Kier molecular flexibility index (Phi) is 5.39. The molecule has 1 aromatic carbocycles. The zero-order chi connectivity index (χ0) is 20.4. The van der Waals surface area contributed by atoms with Gasteiger partial charge < -0.3 is 14.6 Å². The van der Waals surface area contributed by atoms with Gasteiger partial charge in [-0.3, -0.25) is 19.6 Å². The SMILES string of the molecule is CCCCc1cc2c(O)c(C(=O)OC)cnc2c2c1C(=O)C(C(=O)OC)C=N2. The summed E-state index contributed by atoms with van der Waals surface area (Å²) in [5.74, 6) is -3.21. The Balaban J connectivity index is 2.29. The van der Waals surface area contributed by atoms with Crippen LogP contribution in [0.25, 0.3) is 10.9 Å². The predicted molar refractivity (Wildman–Crippen MR) is 101 cm³/mol. The third-order valence-electron chi connectivity index (χ3n) is 4.73. The zero-order valence-electron chi connectivity index (χ0n) is 15.8. The minimum absolute atomic E-state index is 0.0741. The molecule has 0 saturated heterocycles. The van der Waals surface area contributed by atoms with E-state index in [-0.39, 0.29) is 22.5 Å². The van der Waals surface area contributed by atoms with Crippen molar-refractivity contribution in [1.29, 1.82) is 0 Å². The van der Waals surface area contributed by atoms with Crippen molar-refractivity contribution in [3.63, 3.8) is 0 Å². The van der Waals surface area contributed by atoms with Gasteiger partial charge in [-0.2, -0.15) is 0 Å². The first kappa shape index (κ1) is 19.5. The van der Waals surface area contributed by atoms with Crippen LogP contribution in [0.5, 0.6) is 5.75 Å². The van der Waals surface area contributed by atoms with Gasteiger partial charge in [-0.15, -0.1) is 0 Å². The molecule has 0 saturated carbocycles. The molecule has 1 atom stereocenters. The number of pyridine rings is 1. The number of benzene rings is 1. The van der Waals surface area contributed by atoms with Crippen LogP contribution >= 0.6 is 0 Å². The Morgan fingerprint density at radius 3 is 2.64 bits per heavy atom. The molecule has 1 aliphatic heterocycles. The van der Waals surface area contributed by atoms with Crippen LogP contribution < -0.4 is 0 Å². The Morgan fingerprint density at radius 2 is 2.00 bits per heavy atom. The summed E-state index contributed by atoms with van der Waals surface area (Å²) in [6.45, 7) is 2.01. The highest BCUT2D eigenvalue weighted by molar-refractivity contribution is 6.25. The van der Waals surface area contributed by atoms with Crippen LogP contribution in [0.2, 0.25) is 0 Å². The average molecular weight is 384 g/mol. The maximum absolute atomic E-state index is 13.0. The lowest BCUT2D eigenvalue weighted by Gasteiger charge is -2.21. The lowest BCUT2D eigenvalue weighted by atomic mass is 9.87. The number of aryl methyl sites for hydroxylation is 1. The quantitative estimate of drug-likeness (QED) is 0.622. The number of unbranched alkanes of at least 4 members (excludes halogenated alkanes) is 1. The molecule has 146 valence electrons. The van der Waals surface area contributed by atoms with E-state index in [0.29, 0.717) is 22.9 Å². The van der Waals surface area contributed by atoms with E-state index in [4.69, 9.17) is 4.74 Å². The minimum atomic E-state index is -1.11. The van der Waals surface area contributed by atoms with Gasteiger partial charge in [0.1, 0.15) is 22.5 Å². The lowest BCUT2D eigenvalue weighted by molar-refractivity contribution is -0.141.